The van der Waals surface area contributed by atoms with Crippen LogP contribution in [0.4, 0.5) is 0 Å². The summed E-state index contributed by atoms with van der Waals surface area (Å²) in [6.07, 6.45) is 7.11. The van der Waals surface area contributed by atoms with Gasteiger partial charge in [-0.05, 0) is 85.3 Å². The van der Waals surface area contributed by atoms with Gasteiger partial charge in [-0.2, -0.15) is 0 Å². The maximum Gasteiger partial charge on any atom is 0.343 e. The Bertz CT molecular complexity index is 989. The average Bonchev–Trinajstić information content (AvgIpc) is 2.85. The van der Waals surface area contributed by atoms with E-state index < -0.39 is 5.97 Å². The quantitative estimate of drug-likeness (QED) is 0.119. The number of hydrogen-bond acceptors (Lipinski definition) is 4. The SMILES string of the molecule is C=CCCCCOc1ccc(C(=O)Oc2ccc(-c3ccc(OCCCC)cc3)cc2)cc1. The van der Waals surface area contributed by atoms with Gasteiger partial charge in [-0.25, -0.2) is 4.79 Å². The van der Waals surface area contributed by atoms with E-state index in [4.69, 9.17) is 14.2 Å². The van der Waals surface area contributed by atoms with Crippen LogP contribution >= 0.6 is 0 Å². The third-order valence-electron chi connectivity index (χ3n) is 5.18. The van der Waals surface area contributed by atoms with E-state index >= 15 is 0 Å². The van der Waals surface area contributed by atoms with Gasteiger partial charge in [-0.15, -0.1) is 6.58 Å². The lowest BCUT2D eigenvalue weighted by Gasteiger charge is -2.09. The third-order valence-corrected chi connectivity index (χ3v) is 5.18. The molecule has 4 nitrogen and oxygen atoms in total. The molecule has 172 valence electrons. The summed E-state index contributed by atoms with van der Waals surface area (Å²) in [5.41, 5.74) is 2.61. The molecule has 3 aromatic carbocycles. The van der Waals surface area contributed by atoms with E-state index in [2.05, 4.69) is 13.5 Å². The molecule has 0 amide bonds. The molecular weight excluding hydrogens is 412 g/mol. The number of hydrogen-bond donors (Lipinski definition) is 0. The van der Waals surface area contributed by atoms with E-state index in [0.29, 0.717) is 17.9 Å². The van der Waals surface area contributed by atoms with E-state index in [-0.39, 0.29) is 0 Å². The molecule has 0 N–H and O–H groups in total. The molecule has 0 spiro atoms. The highest BCUT2D eigenvalue weighted by atomic mass is 16.5. The molecule has 0 heterocycles. The molecule has 0 bridgehead atoms. The van der Waals surface area contributed by atoms with E-state index in [1.807, 2.05) is 42.5 Å². The fraction of sp³-hybridized carbons (Fsp3) is 0.276. The minimum atomic E-state index is -0.395. The first kappa shape index (κ1) is 24.1. The number of benzene rings is 3. The summed E-state index contributed by atoms with van der Waals surface area (Å²) in [6, 6.07) is 22.6. The van der Waals surface area contributed by atoms with Gasteiger partial charge < -0.3 is 14.2 Å². The first-order chi connectivity index (χ1) is 16.2. The lowest BCUT2D eigenvalue weighted by atomic mass is 10.1. The fourth-order valence-corrected chi connectivity index (χ4v) is 3.23. The Labute approximate surface area is 196 Å². The molecule has 0 fully saturated rings. The molecule has 33 heavy (non-hydrogen) atoms. The standard InChI is InChI=1S/C29H32O4/c1-3-5-7-8-22-32-27-17-13-25(14-18-27)29(30)33-28-19-11-24(12-20-28)23-9-15-26(16-10-23)31-21-6-4-2/h3,9-20H,1,4-8,21-22H2,2H3. The normalized spacial score (nSPS) is 10.5. The van der Waals surface area contributed by atoms with Gasteiger partial charge in [0.1, 0.15) is 17.2 Å². The number of rotatable bonds is 13. The van der Waals surface area contributed by atoms with E-state index in [9.17, 15) is 4.79 Å². The van der Waals surface area contributed by atoms with Crippen LogP contribution in [0.1, 0.15) is 49.4 Å². The Balaban J connectivity index is 1.51. The molecule has 0 radical (unpaired) electrons. The van der Waals surface area contributed by atoms with Crippen molar-refractivity contribution >= 4 is 5.97 Å². The zero-order chi connectivity index (χ0) is 23.3. The minimum Gasteiger partial charge on any atom is -0.494 e. The largest absolute Gasteiger partial charge is 0.494 e. The van der Waals surface area contributed by atoms with Gasteiger partial charge in [0.2, 0.25) is 0 Å². The monoisotopic (exact) mass is 444 g/mol. The molecule has 0 aliphatic carbocycles. The summed E-state index contributed by atoms with van der Waals surface area (Å²) < 4.78 is 16.9. The third kappa shape index (κ3) is 7.83. The Kier molecular flexibility index (Phi) is 9.59. The van der Waals surface area contributed by atoms with Crippen molar-refractivity contribution < 1.29 is 19.0 Å². The first-order valence-electron chi connectivity index (χ1n) is 11.6. The topological polar surface area (TPSA) is 44.8 Å². The predicted molar refractivity (Wildman–Crippen MR) is 133 cm³/mol. The zero-order valence-corrected chi connectivity index (χ0v) is 19.3. The Hall–Kier alpha value is -3.53. The van der Waals surface area contributed by atoms with Crippen LogP contribution in [0.5, 0.6) is 17.2 Å². The summed E-state index contributed by atoms with van der Waals surface area (Å²) in [6.45, 7) is 7.25. The van der Waals surface area contributed by atoms with Crippen LogP contribution in [0.2, 0.25) is 0 Å². The summed E-state index contributed by atoms with van der Waals surface area (Å²) in [4.78, 5) is 12.5. The van der Waals surface area contributed by atoms with Crippen LogP contribution in [0.15, 0.2) is 85.5 Å². The van der Waals surface area contributed by atoms with Gasteiger partial charge in [0, 0.05) is 0 Å². The fourth-order valence-electron chi connectivity index (χ4n) is 3.23. The van der Waals surface area contributed by atoms with Gasteiger partial charge in [0.15, 0.2) is 0 Å². The van der Waals surface area contributed by atoms with Gasteiger partial charge >= 0.3 is 5.97 Å². The van der Waals surface area contributed by atoms with Crippen LogP contribution in [-0.4, -0.2) is 19.2 Å². The maximum atomic E-state index is 12.5. The highest BCUT2D eigenvalue weighted by Gasteiger charge is 2.09. The summed E-state index contributed by atoms with van der Waals surface area (Å²) in [5.74, 6) is 1.73. The molecule has 0 aliphatic rings. The van der Waals surface area contributed by atoms with Gasteiger partial charge in [0.25, 0.3) is 0 Å². The number of allylic oxidation sites excluding steroid dienone is 1. The molecule has 0 aliphatic heterocycles. The summed E-state index contributed by atoms with van der Waals surface area (Å²) >= 11 is 0. The smallest absolute Gasteiger partial charge is 0.343 e. The summed E-state index contributed by atoms with van der Waals surface area (Å²) in [7, 11) is 0. The Morgan fingerprint density at radius 3 is 1.79 bits per heavy atom. The predicted octanol–water partition coefficient (Wildman–Crippen LogP) is 7.49. The molecule has 0 saturated carbocycles. The number of esters is 1. The second kappa shape index (κ2) is 13.1. The summed E-state index contributed by atoms with van der Waals surface area (Å²) in [5, 5.41) is 0. The van der Waals surface area contributed by atoms with Crippen LogP contribution in [0.25, 0.3) is 11.1 Å². The van der Waals surface area contributed by atoms with E-state index in [0.717, 1.165) is 61.3 Å². The van der Waals surface area contributed by atoms with Crippen molar-refractivity contribution in [3.63, 3.8) is 0 Å². The lowest BCUT2D eigenvalue weighted by molar-refractivity contribution is 0.0734. The number of ether oxygens (including phenoxy) is 3. The molecule has 0 atom stereocenters. The van der Waals surface area contributed by atoms with Crippen molar-refractivity contribution in [2.75, 3.05) is 13.2 Å². The van der Waals surface area contributed by atoms with Crippen molar-refractivity contribution in [2.24, 2.45) is 0 Å². The van der Waals surface area contributed by atoms with Crippen molar-refractivity contribution in [3.8, 4) is 28.4 Å². The van der Waals surface area contributed by atoms with Gasteiger partial charge in [0.05, 0.1) is 18.8 Å². The second-order valence-corrected chi connectivity index (χ2v) is 7.80. The van der Waals surface area contributed by atoms with Gasteiger partial charge in [-0.3, -0.25) is 0 Å². The van der Waals surface area contributed by atoms with Crippen molar-refractivity contribution in [1.82, 2.24) is 0 Å². The number of unbranched alkanes of at least 4 members (excludes halogenated alkanes) is 3. The van der Waals surface area contributed by atoms with E-state index in [1.54, 1.807) is 36.4 Å². The molecular formula is C29H32O4. The second-order valence-electron chi connectivity index (χ2n) is 7.80. The molecule has 0 saturated heterocycles. The van der Waals surface area contributed by atoms with Crippen molar-refractivity contribution in [3.05, 3.63) is 91.0 Å². The zero-order valence-electron chi connectivity index (χ0n) is 19.3. The van der Waals surface area contributed by atoms with E-state index in [1.165, 1.54) is 0 Å². The van der Waals surface area contributed by atoms with Crippen LogP contribution in [-0.2, 0) is 0 Å². The highest BCUT2D eigenvalue weighted by Crippen LogP contribution is 2.25. The maximum absolute atomic E-state index is 12.5. The molecule has 3 rings (SSSR count). The lowest BCUT2D eigenvalue weighted by Crippen LogP contribution is -2.08. The Morgan fingerprint density at radius 1 is 0.727 bits per heavy atom. The average molecular weight is 445 g/mol. The number of carbonyl (C=O) groups excluding carboxylic acids is 1. The molecule has 0 aromatic heterocycles. The van der Waals surface area contributed by atoms with Crippen LogP contribution in [0, 0.1) is 0 Å². The minimum absolute atomic E-state index is 0.395. The highest BCUT2D eigenvalue weighted by molar-refractivity contribution is 5.91. The van der Waals surface area contributed by atoms with Crippen molar-refractivity contribution in [1.29, 1.82) is 0 Å². The first-order valence-corrected chi connectivity index (χ1v) is 11.6. The Morgan fingerprint density at radius 2 is 1.24 bits per heavy atom. The van der Waals surface area contributed by atoms with Crippen LogP contribution < -0.4 is 14.2 Å². The molecule has 0 unspecified atom stereocenters. The van der Waals surface area contributed by atoms with Crippen LogP contribution in [0.3, 0.4) is 0 Å². The number of carbonyl (C=O) groups is 1. The molecule has 3 aromatic rings. The van der Waals surface area contributed by atoms with Crippen molar-refractivity contribution in [2.45, 2.75) is 39.0 Å². The molecule has 4 heteroatoms. The van der Waals surface area contributed by atoms with Gasteiger partial charge in [-0.1, -0.05) is 43.7 Å².